The first-order valence-electron chi connectivity index (χ1n) is 10.6. The number of fused-ring (bicyclic) bond motifs is 1. The minimum Gasteiger partial charge on any atom is -0.378 e. The van der Waals surface area contributed by atoms with Gasteiger partial charge in [0.15, 0.2) is 0 Å². The maximum atomic E-state index is 13.1. The molecule has 0 fully saturated rings. The largest absolute Gasteiger partial charge is 0.378 e. The van der Waals surface area contributed by atoms with Crippen LogP contribution >= 0.6 is 23.1 Å². The van der Waals surface area contributed by atoms with Crippen LogP contribution in [0.1, 0.15) is 23.2 Å². The summed E-state index contributed by atoms with van der Waals surface area (Å²) in [7, 11) is 3.83. The van der Waals surface area contributed by atoms with Crippen LogP contribution in [0.5, 0.6) is 0 Å². The van der Waals surface area contributed by atoms with Gasteiger partial charge in [-0.25, -0.2) is 10.5 Å². The summed E-state index contributed by atoms with van der Waals surface area (Å²) in [6, 6.07) is 11.9. The number of aromatic nitrogens is 1. The van der Waals surface area contributed by atoms with Crippen molar-refractivity contribution in [3.63, 3.8) is 0 Å². The number of amides is 3. The number of thiazole rings is 1. The molecule has 2 aromatic carbocycles. The first-order valence-corrected chi connectivity index (χ1v) is 12.6. The quantitative estimate of drug-likeness (QED) is 0.181. The molecule has 0 aliphatic heterocycles. The van der Waals surface area contributed by atoms with Gasteiger partial charge in [0.25, 0.3) is 5.91 Å². The molecular formula is C23H27N5O4S2. The number of nitrogens with one attached hydrogen (secondary N) is 3. The molecule has 0 spiro atoms. The molecule has 1 heterocycles. The summed E-state index contributed by atoms with van der Waals surface area (Å²) in [6.45, 7) is 0. The molecule has 11 heteroatoms. The summed E-state index contributed by atoms with van der Waals surface area (Å²) >= 11 is 2.93. The summed E-state index contributed by atoms with van der Waals surface area (Å²) in [5.41, 5.74) is 6.02. The monoisotopic (exact) mass is 501 g/mol. The predicted octanol–water partition coefficient (Wildman–Crippen LogP) is 3.12. The van der Waals surface area contributed by atoms with E-state index < -0.39 is 11.9 Å². The molecule has 1 atom stereocenters. The van der Waals surface area contributed by atoms with Crippen LogP contribution in [0.3, 0.4) is 0 Å². The van der Waals surface area contributed by atoms with Gasteiger partial charge in [-0.3, -0.25) is 19.6 Å². The molecule has 0 aliphatic carbocycles. The van der Waals surface area contributed by atoms with Gasteiger partial charge in [0.2, 0.25) is 11.8 Å². The zero-order chi connectivity index (χ0) is 24.5. The smallest absolute Gasteiger partial charge is 0.251 e. The second kappa shape index (κ2) is 12.4. The Labute approximate surface area is 205 Å². The lowest BCUT2D eigenvalue weighted by Crippen LogP contribution is -2.45. The lowest BCUT2D eigenvalue weighted by Gasteiger charge is -2.19. The van der Waals surface area contributed by atoms with Crippen molar-refractivity contribution < 1.29 is 19.6 Å². The summed E-state index contributed by atoms with van der Waals surface area (Å²) in [5, 5.41) is 14.3. The third kappa shape index (κ3) is 6.92. The van der Waals surface area contributed by atoms with Gasteiger partial charge >= 0.3 is 0 Å². The van der Waals surface area contributed by atoms with E-state index >= 15 is 0 Å². The van der Waals surface area contributed by atoms with Gasteiger partial charge < -0.3 is 15.5 Å². The zero-order valence-electron chi connectivity index (χ0n) is 18.9. The van der Waals surface area contributed by atoms with Gasteiger partial charge in [-0.1, -0.05) is 6.07 Å². The number of hydrogen-bond donors (Lipinski definition) is 4. The van der Waals surface area contributed by atoms with Crippen molar-refractivity contribution in [2.45, 2.75) is 18.9 Å². The van der Waals surface area contributed by atoms with Gasteiger partial charge in [0.1, 0.15) is 11.6 Å². The van der Waals surface area contributed by atoms with E-state index in [-0.39, 0.29) is 18.2 Å². The topological polar surface area (TPSA) is 124 Å². The lowest BCUT2D eigenvalue weighted by atomic mass is 10.1. The predicted molar refractivity (Wildman–Crippen MR) is 137 cm³/mol. The average molecular weight is 502 g/mol. The van der Waals surface area contributed by atoms with Crippen LogP contribution in [0.25, 0.3) is 10.2 Å². The highest BCUT2D eigenvalue weighted by Gasteiger charge is 2.23. The number of benzene rings is 2. The van der Waals surface area contributed by atoms with Crippen molar-refractivity contribution in [3.8, 4) is 0 Å². The van der Waals surface area contributed by atoms with E-state index in [9.17, 15) is 14.4 Å². The molecule has 0 unspecified atom stereocenters. The third-order valence-electron chi connectivity index (χ3n) is 4.99. The van der Waals surface area contributed by atoms with Crippen LogP contribution < -0.4 is 21.0 Å². The number of thioether (sulfide) groups is 1. The number of hydroxylamine groups is 1. The van der Waals surface area contributed by atoms with E-state index in [1.165, 1.54) is 23.1 Å². The van der Waals surface area contributed by atoms with Crippen molar-refractivity contribution in [2.75, 3.05) is 35.8 Å². The van der Waals surface area contributed by atoms with Gasteiger partial charge in [-0.05, 0) is 48.6 Å². The van der Waals surface area contributed by atoms with Crippen molar-refractivity contribution in [1.82, 2.24) is 15.8 Å². The van der Waals surface area contributed by atoms with E-state index in [4.69, 9.17) is 5.21 Å². The zero-order valence-corrected chi connectivity index (χ0v) is 20.5. The Morgan fingerprint density at radius 1 is 1.15 bits per heavy atom. The van der Waals surface area contributed by atoms with Gasteiger partial charge in [0, 0.05) is 37.5 Å². The molecule has 0 saturated carbocycles. The van der Waals surface area contributed by atoms with Gasteiger partial charge in [-0.15, -0.1) is 11.3 Å². The number of para-hydroxylation sites is 1. The Morgan fingerprint density at radius 3 is 2.62 bits per heavy atom. The highest BCUT2D eigenvalue weighted by atomic mass is 32.2. The second-order valence-electron chi connectivity index (χ2n) is 7.67. The van der Waals surface area contributed by atoms with E-state index in [1.54, 1.807) is 29.2 Å². The maximum Gasteiger partial charge on any atom is 0.251 e. The van der Waals surface area contributed by atoms with Crippen molar-refractivity contribution in [1.29, 1.82) is 0 Å². The molecule has 4 N–H and O–H groups in total. The highest BCUT2D eigenvalue weighted by molar-refractivity contribution is 7.99. The molecule has 1 aromatic heterocycles. The standard InChI is InChI=1S/C23H27N5O4S2/c1-28(2)16-10-8-15(9-11-16)22(30)26-18(13-33-12-4-7-20(29)27-32)23(31)25-17-5-3-6-19-21(17)24-14-34-19/h3,5-6,8-11,14,18,32H,4,7,12-13H2,1-2H3,(H,25,31)(H,26,30)(H,27,29)/t18-/m0/s1. The number of anilines is 2. The Bertz CT molecular complexity index is 1130. The number of carbonyl (C=O) groups excluding carboxylic acids is 3. The van der Waals surface area contributed by atoms with E-state index in [1.807, 2.05) is 43.3 Å². The molecule has 0 bridgehead atoms. The van der Waals surface area contributed by atoms with E-state index in [2.05, 4.69) is 15.6 Å². The fourth-order valence-electron chi connectivity index (χ4n) is 3.13. The number of hydrogen-bond acceptors (Lipinski definition) is 8. The molecule has 0 saturated heterocycles. The summed E-state index contributed by atoms with van der Waals surface area (Å²) in [6.07, 6.45) is 0.709. The summed E-state index contributed by atoms with van der Waals surface area (Å²) < 4.78 is 0.955. The van der Waals surface area contributed by atoms with Gasteiger partial charge in [0.05, 0.1) is 15.9 Å². The minimum atomic E-state index is -0.799. The molecule has 3 aromatic rings. The average Bonchev–Trinajstić information content (AvgIpc) is 3.32. The second-order valence-corrected chi connectivity index (χ2v) is 9.71. The van der Waals surface area contributed by atoms with E-state index in [0.29, 0.717) is 34.7 Å². The molecule has 3 rings (SSSR count). The molecule has 3 amide bonds. The van der Waals surface area contributed by atoms with E-state index in [0.717, 1.165) is 10.4 Å². The molecule has 180 valence electrons. The SMILES string of the molecule is CN(C)c1ccc(C(=O)N[C@@H](CSCCCC(=O)NO)C(=O)Nc2cccc3scnc23)cc1. The van der Waals surface area contributed by atoms with Crippen LogP contribution in [0.4, 0.5) is 11.4 Å². The van der Waals surface area contributed by atoms with Crippen LogP contribution in [0.2, 0.25) is 0 Å². The van der Waals surface area contributed by atoms with Crippen molar-refractivity contribution in [2.24, 2.45) is 0 Å². The van der Waals surface area contributed by atoms with Crippen LogP contribution in [0, 0.1) is 0 Å². The molecule has 0 radical (unpaired) electrons. The molecule has 9 nitrogen and oxygen atoms in total. The molecule has 34 heavy (non-hydrogen) atoms. The first-order chi connectivity index (χ1) is 16.4. The Morgan fingerprint density at radius 2 is 1.91 bits per heavy atom. The summed E-state index contributed by atoms with van der Waals surface area (Å²) in [4.78, 5) is 43.4. The van der Waals surface area contributed by atoms with Gasteiger partial charge in [-0.2, -0.15) is 11.8 Å². The fraction of sp³-hybridized carbons (Fsp3) is 0.304. The normalized spacial score (nSPS) is 11.6. The Balaban J connectivity index is 1.68. The highest BCUT2D eigenvalue weighted by Crippen LogP contribution is 2.25. The van der Waals surface area contributed by atoms with Crippen molar-refractivity contribution >= 4 is 62.4 Å². The fourth-order valence-corrected chi connectivity index (χ4v) is 4.82. The van der Waals surface area contributed by atoms with Crippen LogP contribution in [0.15, 0.2) is 48.0 Å². The van der Waals surface area contributed by atoms with Crippen LogP contribution in [-0.4, -0.2) is 59.6 Å². The third-order valence-corrected chi connectivity index (χ3v) is 6.93. The summed E-state index contributed by atoms with van der Waals surface area (Å²) in [5.74, 6) is -0.245. The number of carbonyl (C=O) groups is 3. The number of nitrogens with zero attached hydrogens (tertiary/aromatic N) is 2. The Kier molecular flexibility index (Phi) is 9.25. The number of rotatable bonds is 11. The van der Waals surface area contributed by atoms with Crippen LogP contribution in [-0.2, 0) is 9.59 Å². The minimum absolute atomic E-state index is 0.177. The lowest BCUT2D eigenvalue weighted by molar-refractivity contribution is -0.129. The van der Waals surface area contributed by atoms with Crippen molar-refractivity contribution in [3.05, 3.63) is 53.5 Å². The molecule has 0 aliphatic rings. The molecular weight excluding hydrogens is 474 g/mol. The maximum absolute atomic E-state index is 13.1. The Hall–Kier alpha value is -3.15. The first kappa shape index (κ1) is 25.5.